The topological polar surface area (TPSA) is 42.0 Å². The van der Waals surface area contributed by atoms with Crippen molar-refractivity contribution in [2.45, 2.75) is 11.7 Å². The van der Waals surface area contributed by atoms with Gasteiger partial charge in [-0.25, -0.2) is 9.10 Å². The Bertz CT molecular complexity index is 544. The predicted molar refractivity (Wildman–Crippen MR) is 87.3 cm³/mol. The number of rotatable bonds is 3. The van der Waals surface area contributed by atoms with Gasteiger partial charge in [-0.3, -0.25) is 0 Å². The summed E-state index contributed by atoms with van der Waals surface area (Å²) in [4.78, 5) is 14.0. The SMILES string of the molecule is COC(=O)c1ccc2c(c1)OCCC2SN1CCN(C)CC1. The number of methoxy groups -OCH3 is 1. The van der Waals surface area contributed by atoms with Gasteiger partial charge in [0.2, 0.25) is 0 Å². The van der Waals surface area contributed by atoms with Crippen LogP contribution in [-0.2, 0) is 4.74 Å². The molecule has 3 rings (SSSR count). The largest absolute Gasteiger partial charge is 0.493 e. The molecule has 1 aromatic carbocycles. The number of esters is 1. The van der Waals surface area contributed by atoms with Gasteiger partial charge in [-0.05, 0) is 25.6 Å². The molecule has 6 heteroatoms. The molecule has 22 heavy (non-hydrogen) atoms. The number of hydrogen-bond donors (Lipinski definition) is 0. The van der Waals surface area contributed by atoms with Gasteiger partial charge in [0.15, 0.2) is 0 Å². The molecule has 0 radical (unpaired) electrons. The van der Waals surface area contributed by atoms with E-state index in [4.69, 9.17) is 9.47 Å². The average molecular weight is 322 g/mol. The Morgan fingerprint density at radius 1 is 1.32 bits per heavy atom. The smallest absolute Gasteiger partial charge is 0.337 e. The summed E-state index contributed by atoms with van der Waals surface area (Å²) in [7, 11) is 3.56. The molecule has 0 aromatic heterocycles. The minimum Gasteiger partial charge on any atom is -0.493 e. The fourth-order valence-electron chi connectivity index (χ4n) is 2.78. The molecule has 1 unspecified atom stereocenters. The van der Waals surface area contributed by atoms with Gasteiger partial charge < -0.3 is 14.4 Å². The van der Waals surface area contributed by atoms with Crippen molar-refractivity contribution in [3.63, 3.8) is 0 Å². The third-order valence-corrected chi connectivity index (χ3v) is 5.57. The molecule has 0 saturated carbocycles. The summed E-state index contributed by atoms with van der Waals surface area (Å²) in [5, 5.41) is 0.402. The zero-order chi connectivity index (χ0) is 15.5. The van der Waals surface area contributed by atoms with Crippen LogP contribution >= 0.6 is 11.9 Å². The van der Waals surface area contributed by atoms with Gasteiger partial charge in [0, 0.05) is 31.7 Å². The van der Waals surface area contributed by atoms with Crippen molar-refractivity contribution in [3.05, 3.63) is 29.3 Å². The first-order chi connectivity index (χ1) is 10.7. The lowest BCUT2D eigenvalue weighted by Gasteiger charge is -2.35. The molecule has 1 saturated heterocycles. The molecular weight excluding hydrogens is 300 g/mol. The summed E-state index contributed by atoms with van der Waals surface area (Å²) in [5.41, 5.74) is 1.73. The van der Waals surface area contributed by atoms with Crippen LogP contribution in [0.4, 0.5) is 0 Å². The van der Waals surface area contributed by atoms with Gasteiger partial charge in [-0.15, -0.1) is 0 Å². The van der Waals surface area contributed by atoms with E-state index in [0.717, 1.165) is 38.3 Å². The molecule has 2 aliphatic rings. The van der Waals surface area contributed by atoms with Gasteiger partial charge in [0.1, 0.15) is 5.75 Å². The maximum absolute atomic E-state index is 11.6. The van der Waals surface area contributed by atoms with Crippen molar-refractivity contribution in [2.24, 2.45) is 0 Å². The number of ether oxygens (including phenoxy) is 2. The highest BCUT2D eigenvalue weighted by Crippen LogP contribution is 2.42. The Hall–Kier alpha value is -1.24. The van der Waals surface area contributed by atoms with Crippen LogP contribution in [0, 0.1) is 0 Å². The van der Waals surface area contributed by atoms with E-state index in [0.29, 0.717) is 17.4 Å². The van der Waals surface area contributed by atoms with Gasteiger partial charge >= 0.3 is 5.97 Å². The second-order valence-corrected chi connectivity index (χ2v) is 7.00. The first kappa shape index (κ1) is 15.6. The maximum atomic E-state index is 11.6. The molecular formula is C16H22N2O3S. The summed E-state index contributed by atoms with van der Waals surface area (Å²) < 4.78 is 13.0. The fraction of sp³-hybridized carbons (Fsp3) is 0.562. The molecule has 2 heterocycles. The molecule has 0 aliphatic carbocycles. The molecule has 1 fully saturated rings. The quantitative estimate of drug-likeness (QED) is 0.628. The number of piperazine rings is 1. The van der Waals surface area contributed by atoms with E-state index in [1.54, 1.807) is 6.07 Å². The van der Waals surface area contributed by atoms with E-state index in [2.05, 4.69) is 16.3 Å². The van der Waals surface area contributed by atoms with Crippen molar-refractivity contribution < 1.29 is 14.3 Å². The molecule has 120 valence electrons. The van der Waals surface area contributed by atoms with Crippen LogP contribution in [0.1, 0.15) is 27.6 Å². The fourth-order valence-corrected chi connectivity index (χ4v) is 4.03. The van der Waals surface area contributed by atoms with E-state index in [9.17, 15) is 4.79 Å². The lowest BCUT2D eigenvalue weighted by atomic mass is 10.0. The first-order valence-corrected chi connectivity index (χ1v) is 8.46. The van der Waals surface area contributed by atoms with Crippen molar-refractivity contribution >= 4 is 17.9 Å². The number of benzene rings is 1. The standard InChI is InChI=1S/C16H22N2O3S/c1-17-6-8-18(9-7-17)22-15-5-10-21-14-11-12(16(19)20-2)3-4-13(14)15/h3-4,11,15H,5-10H2,1-2H3. The van der Waals surface area contributed by atoms with E-state index in [-0.39, 0.29) is 5.97 Å². The van der Waals surface area contributed by atoms with Crippen LogP contribution in [0.25, 0.3) is 0 Å². The molecule has 0 amide bonds. The van der Waals surface area contributed by atoms with Crippen molar-refractivity contribution in [3.8, 4) is 5.75 Å². The first-order valence-electron chi connectivity index (χ1n) is 7.62. The van der Waals surface area contributed by atoms with Crippen molar-refractivity contribution in [1.29, 1.82) is 0 Å². The molecule has 0 spiro atoms. The highest BCUT2D eigenvalue weighted by atomic mass is 32.2. The average Bonchev–Trinajstić information content (AvgIpc) is 2.56. The van der Waals surface area contributed by atoms with Crippen LogP contribution in [0.15, 0.2) is 18.2 Å². The predicted octanol–water partition coefficient (Wildman–Crippen LogP) is 2.19. The van der Waals surface area contributed by atoms with Crippen LogP contribution in [0.2, 0.25) is 0 Å². The number of carbonyl (C=O) groups excluding carboxylic acids is 1. The van der Waals surface area contributed by atoms with Gasteiger partial charge in [-0.2, -0.15) is 0 Å². The maximum Gasteiger partial charge on any atom is 0.337 e. The Balaban J connectivity index is 1.72. The minimum absolute atomic E-state index is 0.319. The number of likely N-dealkylation sites (N-methyl/N-ethyl adjacent to an activating group) is 1. The van der Waals surface area contributed by atoms with Crippen LogP contribution in [-0.4, -0.2) is 62.1 Å². The van der Waals surface area contributed by atoms with Gasteiger partial charge in [0.05, 0.1) is 24.5 Å². The third-order valence-electron chi connectivity index (χ3n) is 4.16. The molecule has 1 aromatic rings. The lowest BCUT2D eigenvalue weighted by Crippen LogP contribution is -2.41. The summed E-state index contributed by atoms with van der Waals surface area (Å²) in [6.45, 7) is 5.11. The summed E-state index contributed by atoms with van der Waals surface area (Å²) in [5.74, 6) is 0.501. The van der Waals surface area contributed by atoms with Crippen molar-refractivity contribution in [2.75, 3.05) is 46.9 Å². The minimum atomic E-state index is -0.319. The molecule has 2 aliphatic heterocycles. The van der Waals surface area contributed by atoms with Gasteiger partial charge in [0.25, 0.3) is 0 Å². The second-order valence-electron chi connectivity index (χ2n) is 5.71. The number of fused-ring (bicyclic) bond motifs is 1. The van der Waals surface area contributed by atoms with Crippen molar-refractivity contribution in [1.82, 2.24) is 9.21 Å². The lowest BCUT2D eigenvalue weighted by molar-refractivity contribution is 0.0600. The Kier molecular flexibility index (Phi) is 4.90. The van der Waals surface area contributed by atoms with E-state index in [1.807, 2.05) is 24.1 Å². The zero-order valence-electron chi connectivity index (χ0n) is 13.1. The Labute approximate surface area is 135 Å². The van der Waals surface area contributed by atoms with Gasteiger partial charge in [-0.1, -0.05) is 18.0 Å². The number of carbonyl (C=O) groups is 1. The Morgan fingerprint density at radius 3 is 2.82 bits per heavy atom. The highest BCUT2D eigenvalue weighted by molar-refractivity contribution is 7.97. The van der Waals surface area contributed by atoms with Crippen LogP contribution < -0.4 is 4.74 Å². The summed E-state index contributed by atoms with van der Waals surface area (Å²) in [6, 6.07) is 5.64. The van der Waals surface area contributed by atoms with Crippen LogP contribution in [0.3, 0.4) is 0 Å². The molecule has 5 nitrogen and oxygen atoms in total. The summed E-state index contributed by atoms with van der Waals surface area (Å²) in [6.07, 6.45) is 1.00. The number of hydrogen-bond acceptors (Lipinski definition) is 6. The third kappa shape index (κ3) is 3.39. The van der Waals surface area contributed by atoms with E-state index >= 15 is 0 Å². The van der Waals surface area contributed by atoms with E-state index < -0.39 is 0 Å². The monoisotopic (exact) mass is 322 g/mol. The normalized spacial score (nSPS) is 22.7. The second kappa shape index (κ2) is 6.89. The summed E-state index contributed by atoms with van der Waals surface area (Å²) >= 11 is 1.92. The van der Waals surface area contributed by atoms with E-state index in [1.165, 1.54) is 12.7 Å². The van der Waals surface area contributed by atoms with Crippen LogP contribution in [0.5, 0.6) is 5.75 Å². The number of nitrogens with zero attached hydrogens (tertiary/aromatic N) is 2. The molecule has 1 atom stereocenters. The molecule has 0 N–H and O–H groups in total. The molecule has 0 bridgehead atoms. The zero-order valence-corrected chi connectivity index (χ0v) is 13.9. The Morgan fingerprint density at radius 2 is 2.09 bits per heavy atom. The highest BCUT2D eigenvalue weighted by Gasteiger charge is 2.26.